The Morgan fingerprint density at radius 3 is 2.24 bits per heavy atom. The van der Waals surface area contributed by atoms with Crippen LogP contribution >= 0.6 is 0 Å². The lowest BCUT2D eigenvalue weighted by Crippen LogP contribution is -3.13. The predicted molar refractivity (Wildman–Crippen MR) is 111 cm³/mol. The molecule has 2 fully saturated rings. The summed E-state index contributed by atoms with van der Waals surface area (Å²) in [4.78, 5) is 38.4. The van der Waals surface area contributed by atoms with Gasteiger partial charge in [-0.1, -0.05) is 0 Å². The van der Waals surface area contributed by atoms with Crippen molar-refractivity contribution in [2.75, 3.05) is 32.7 Å². The largest absolute Gasteiger partial charge is 0.550 e. The molecule has 0 saturated carbocycles. The average Bonchev–Trinajstić information content (AvgIpc) is 2.77. The maximum atomic E-state index is 12.9. The molecule has 2 atom stereocenters. The van der Waals surface area contributed by atoms with Crippen molar-refractivity contribution in [3.05, 3.63) is 35.4 Å². The second kappa shape index (κ2) is 10.5. The molecule has 1 aromatic rings. The van der Waals surface area contributed by atoms with E-state index in [1.807, 2.05) is 0 Å². The lowest BCUT2D eigenvalue weighted by molar-refractivity contribution is -0.906. The number of rotatable bonds is 7. The molecule has 0 aliphatic carbocycles. The van der Waals surface area contributed by atoms with E-state index >= 15 is 0 Å². The first-order valence-corrected chi connectivity index (χ1v) is 11.3. The number of nitrogens with two attached hydrogens (primary N) is 1. The number of aliphatic carboxylic acids is 1. The zero-order valence-corrected chi connectivity index (χ0v) is 18.4. The molecule has 2 heterocycles. The fourth-order valence-electron chi connectivity index (χ4n) is 5.01. The molecular weight excluding hydrogens is 439 g/mol. The summed E-state index contributed by atoms with van der Waals surface area (Å²) in [7, 11) is 0. The van der Waals surface area contributed by atoms with Crippen molar-refractivity contribution in [2.24, 2.45) is 23.5 Å². The number of nitrogens with zero attached hydrogens (tertiary/aromatic N) is 1. The van der Waals surface area contributed by atoms with Crippen LogP contribution in [0.3, 0.4) is 0 Å². The number of carbonyl (C=O) groups excluding carboxylic acids is 3. The summed E-state index contributed by atoms with van der Waals surface area (Å²) in [6, 6.07) is 4.15. The van der Waals surface area contributed by atoms with Gasteiger partial charge in [-0.05, 0) is 48.9 Å². The average molecular weight is 470 g/mol. The van der Waals surface area contributed by atoms with Crippen LogP contribution in [0.4, 0.5) is 13.2 Å². The fourth-order valence-corrected chi connectivity index (χ4v) is 5.01. The van der Waals surface area contributed by atoms with Crippen LogP contribution in [0, 0.1) is 17.8 Å². The van der Waals surface area contributed by atoms with Gasteiger partial charge in [-0.25, -0.2) is 0 Å². The van der Waals surface area contributed by atoms with E-state index in [-0.39, 0.29) is 41.6 Å². The second-order valence-corrected chi connectivity index (χ2v) is 9.18. The maximum absolute atomic E-state index is 12.9. The molecule has 2 saturated heterocycles. The van der Waals surface area contributed by atoms with E-state index in [1.54, 1.807) is 4.90 Å². The van der Waals surface area contributed by atoms with Crippen LogP contribution in [0.5, 0.6) is 0 Å². The van der Waals surface area contributed by atoms with Gasteiger partial charge in [-0.3, -0.25) is 9.59 Å². The molecule has 0 spiro atoms. The topological polar surface area (TPSA) is 108 Å². The van der Waals surface area contributed by atoms with Crippen molar-refractivity contribution < 1.29 is 37.6 Å². The molecule has 2 amide bonds. The number of alkyl halides is 3. The predicted octanol–water partition coefficient (Wildman–Crippen LogP) is 0.0940. The molecule has 10 heteroatoms. The number of benzene rings is 1. The van der Waals surface area contributed by atoms with E-state index in [0.29, 0.717) is 25.9 Å². The van der Waals surface area contributed by atoms with Crippen molar-refractivity contribution in [3.63, 3.8) is 0 Å². The van der Waals surface area contributed by atoms with Crippen molar-refractivity contribution in [3.8, 4) is 0 Å². The van der Waals surface area contributed by atoms with Crippen LogP contribution in [0.2, 0.25) is 0 Å². The number of hydrogen-bond acceptors (Lipinski definition) is 4. The lowest BCUT2D eigenvalue weighted by atomic mass is 9.80. The highest BCUT2D eigenvalue weighted by molar-refractivity contribution is 5.94. The molecule has 3 rings (SSSR count). The summed E-state index contributed by atoms with van der Waals surface area (Å²) in [5.41, 5.74) is 4.75. The highest BCUT2D eigenvalue weighted by Gasteiger charge is 2.34. The Labute approximate surface area is 190 Å². The number of carbonyl (C=O) groups is 3. The molecule has 2 aliphatic rings. The number of amides is 2. The summed E-state index contributed by atoms with van der Waals surface area (Å²) in [6.45, 7) is 3.14. The normalized spacial score (nSPS) is 26.1. The number of likely N-dealkylation sites (tertiary alicyclic amines) is 2. The minimum Gasteiger partial charge on any atom is -0.550 e. The number of primary amides is 1. The van der Waals surface area contributed by atoms with Crippen LogP contribution in [0.25, 0.3) is 0 Å². The Morgan fingerprint density at radius 2 is 1.70 bits per heavy atom. The smallest absolute Gasteiger partial charge is 0.416 e. The number of carboxylic acid groups (broad SMARTS) is 1. The van der Waals surface area contributed by atoms with Gasteiger partial charge < -0.3 is 25.4 Å². The van der Waals surface area contributed by atoms with Gasteiger partial charge in [0.05, 0.1) is 25.2 Å². The van der Waals surface area contributed by atoms with Gasteiger partial charge in [-0.15, -0.1) is 0 Å². The Bertz CT molecular complexity index is 852. The second-order valence-electron chi connectivity index (χ2n) is 9.18. The van der Waals surface area contributed by atoms with Crippen LogP contribution in [-0.2, 0) is 15.8 Å². The van der Waals surface area contributed by atoms with Gasteiger partial charge in [-0.2, -0.15) is 13.2 Å². The molecule has 2 aliphatic heterocycles. The van der Waals surface area contributed by atoms with Gasteiger partial charge >= 0.3 is 6.18 Å². The number of carboxylic acids is 1. The van der Waals surface area contributed by atoms with E-state index in [9.17, 15) is 32.7 Å². The summed E-state index contributed by atoms with van der Waals surface area (Å²) in [6.07, 6.45) is -1.86. The highest BCUT2D eigenvalue weighted by Crippen LogP contribution is 2.31. The summed E-state index contributed by atoms with van der Waals surface area (Å²) >= 11 is 0. The number of halogens is 3. The van der Waals surface area contributed by atoms with Crippen molar-refractivity contribution in [1.29, 1.82) is 0 Å². The van der Waals surface area contributed by atoms with Gasteiger partial charge in [0.1, 0.15) is 0 Å². The Hall–Kier alpha value is -2.62. The zero-order chi connectivity index (χ0) is 24.2. The molecule has 0 aromatic heterocycles. The van der Waals surface area contributed by atoms with Gasteiger partial charge in [0.2, 0.25) is 5.91 Å². The number of piperidine rings is 2. The standard InChI is InChI=1S/C23H30F3N3O4/c24-23(25,26)19-3-1-16(2-4-19)22(33)29-12-8-17(13-20(30)31)18(14-29)7-11-28-9-5-15(6-10-28)21(27)32/h1-4,15,17-18H,5-14H2,(H2,27,32)(H,30,31)/t17-,18-/m0/s1. The molecule has 1 aromatic carbocycles. The van der Waals surface area contributed by atoms with E-state index in [2.05, 4.69) is 0 Å². The fraction of sp³-hybridized carbons (Fsp3) is 0.609. The van der Waals surface area contributed by atoms with Gasteiger partial charge in [0, 0.05) is 49.8 Å². The SMILES string of the molecule is NC(=O)C1CC[NH+](CC[C@H]2CN(C(=O)c3ccc(C(F)(F)F)cc3)CC[C@H]2CC(=O)[O-])CC1. The molecule has 0 bridgehead atoms. The molecule has 33 heavy (non-hydrogen) atoms. The third-order valence-corrected chi connectivity index (χ3v) is 7.03. The van der Waals surface area contributed by atoms with Gasteiger partial charge in [0.25, 0.3) is 5.91 Å². The maximum Gasteiger partial charge on any atom is 0.416 e. The number of quaternary nitrogens is 1. The summed E-state index contributed by atoms with van der Waals surface area (Å²) < 4.78 is 38.4. The Balaban J connectivity index is 1.62. The third kappa shape index (κ3) is 6.69. The molecule has 182 valence electrons. The highest BCUT2D eigenvalue weighted by atomic mass is 19.4. The number of nitrogens with one attached hydrogen (secondary N) is 1. The summed E-state index contributed by atoms with van der Waals surface area (Å²) in [5.74, 6) is -2.00. The Morgan fingerprint density at radius 1 is 1.06 bits per heavy atom. The minimum atomic E-state index is -4.47. The lowest BCUT2D eigenvalue weighted by Gasteiger charge is -2.39. The molecule has 7 nitrogen and oxygen atoms in total. The van der Waals surface area contributed by atoms with E-state index in [1.165, 1.54) is 17.0 Å². The third-order valence-electron chi connectivity index (χ3n) is 7.03. The van der Waals surface area contributed by atoms with Crippen LogP contribution in [0.1, 0.15) is 48.0 Å². The van der Waals surface area contributed by atoms with Crippen LogP contribution < -0.4 is 15.7 Å². The van der Waals surface area contributed by atoms with E-state index in [4.69, 9.17) is 5.73 Å². The van der Waals surface area contributed by atoms with Crippen LogP contribution in [0.15, 0.2) is 24.3 Å². The number of hydrogen-bond donors (Lipinski definition) is 2. The van der Waals surface area contributed by atoms with Crippen molar-refractivity contribution >= 4 is 17.8 Å². The van der Waals surface area contributed by atoms with Crippen molar-refractivity contribution in [1.82, 2.24) is 4.90 Å². The van der Waals surface area contributed by atoms with E-state index in [0.717, 1.165) is 44.6 Å². The molecule has 3 N–H and O–H groups in total. The first-order chi connectivity index (χ1) is 15.5. The molecule has 0 radical (unpaired) electrons. The van der Waals surface area contributed by atoms with Gasteiger partial charge in [0.15, 0.2) is 0 Å². The monoisotopic (exact) mass is 469 g/mol. The van der Waals surface area contributed by atoms with Crippen LogP contribution in [-0.4, -0.2) is 55.4 Å². The summed E-state index contributed by atoms with van der Waals surface area (Å²) in [5, 5.41) is 11.2. The zero-order valence-electron chi connectivity index (χ0n) is 18.4. The first-order valence-electron chi connectivity index (χ1n) is 11.3. The quantitative estimate of drug-likeness (QED) is 0.590. The minimum absolute atomic E-state index is 0.0450. The molecule has 0 unspecified atom stereocenters. The molecular formula is C23H30F3N3O4. The van der Waals surface area contributed by atoms with E-state index < -0.39 is 17.7 Å². The Kier molecular flexibility index (Phi) is 7.99. The first kappa shape index (κ1) is 25.0. The van der Waals surface area contributed by atoms with Crippen molar-refractivity contribution in [2.45, 2.75) is 38.3 Å².